The lowest BCUT2D eigenvalue weighted by molar-refractivity contribution is -0.205. The average Bonchev–Trinajstić information content (AvgIpc) is 2.45. The second kappa shape index (κ2) is 6.94. The quantitative estimate of drug-likeness (QED) is 0.592. The summed E-state index contributed by atoms with van der Waals surface area (Å²) in [7, 11) is 2.65. The normalized spacial score (nSPS) is 35.3. The van der Waals surface area contributed by atoms with E-state index in [1.807, 2.05) is 30.3 Å². The Balaban J connectivity index is 1.95. The minimum Gasteiger partial charge on any atom is -0.394 e. The molecule has 0 amide bonds. The third-order valence-corrected chi connectivity index (χ3v) is 5.41. The number of aliphatic hydroxyl groups excluding tert-OH is 4. The summed E-state index contributed by atoms with van der Waals surface area (Å²) >= 11 is 0. The second-order valence-corrected chi connectivity index (χ2v) is 6.56. The van der Waals surface area contributed by atoms with Gasteiger partial charge in [-0.25, -0.2) is 0 Å². The Morgan fingerprint density at radius 1 is 1.00 bits per heavy atom. The first-order valence-electron chi connectivity index (χ1n) is 5.82. The maximum Gasteiger partial charge on any atom is 0.142 e. The lowest BCUT2D eigenvalue weighted by Crippen LogP contribution is -2.57. The van der Waals surface area contributed by atoms with Crippen molar-refractivity contribution >= 4 is 21.6 Å². The van der Waals surface area contributed by atoms with Crippen LogP contribution in [0.3, 0.4) is 0 Å². The Hall–Kier alpha value is -0.280. The van der Waals surface area contributed by atoms with Crippen LogP contribution in [0.15, 0.2) is 35.2 Å². The molecule has 0 bridgehead atoms. The van der Waals surface area contributed by atoms with Gasteiger partial charge < -0.3 is 25.2 Å². The topological polar surface area (TPSA) is 90.2 Å². The Kier molecular flexibility index (Phi) is 5.52. The van der Waals surface area contributed by atoms with Crippen LogP contribution < -0.4 is 0 Å². The van der Waals surface area contributed by atoms with Gasteiger partial charge in [0.1, 0.15) is 29.9 Å². The maximum absolute atomic E-state index is 9.85. The first-order valence-corrected chi connectivity index (χ1v) is 8.03. The van der Waals surface area contributed by atoms with Crippen LogP contribution in [0.2, 0.25) is 0 Å². The van der Waals surface area contributed by atoms with E-state index in [0.717, 1.165) is 4.90 Å². The van der Waals surface area contributed by atoms with Gasteiger partial charge in [0.2, 0.25) is 0 Å². The number of ether oxygens (including phenoxy) is 1. The van der Waals surface area contributed by atoms with Crippen LogP contribution in [0.25, 0.3) is 0 Å². The molecule has 0 unspecified atom stereocenters. The molecule has 1 saturated heterocycles. The molecule has 0 aromatic heterocycles. The van der Waals surface area contributed by atoms with Crippen LogP contribution in [0.5, 0.6) is 0 Å². The van der Waals surface area contributed by atoms with Gasteiger partial charge >= 0.3 is 0 Å². The molecule has 0 spiro atoms. The van der Waals surface area contributed by atoms with Gasteiger partial charge in [-0.15, -0.1) is 0 Å². The summed E-state index contributed by atoms with van der Waals surface area (Å²) in [6.45, 7) is -0.405. The van der Waals surface area contributed by atoms with E-state index < -0.39 is 36.5 Å². The molecule has 19 heavy (non-hydrogen) atoms. The Morgan fingerprint density at radius 2 is 1.68 bits per heavy atom. The van der Waals surface area contributed by atoms with E-state index in [0.29, 0.717) is 0 Å². The molecule has 4 N–H and O–H groups in total. The van der Waals surface area contributed by atoms with Crippen LogP contribution >= 0.6 is 21.6 Å². The highest BCUT2D eigenvalue weighted by atomic mass is 33.1. The molecule has 0 radical (unpaired) electrons. The van der Waals surface area contributed by atoms with Gasteiger partial charge in [0.25, 0.3) is 0 Å². The van der Waals surface area contributed by atoms with Crippen LogP contribution in [0.4, 0.5) is 0 Å². The fourth-order valence-corrected chi connectivity index (χ4v) is 4.09. The highest BCUT2D eigenvalue weighted by Gasteiger charge is 2.43. The summed E-state index contributed by atoms with van der Waals surface area (Å²) in [6.07, 6.45) is -4.68. The maximum atomic E-state index is 9.85. The van der Waals surface area contributed by atoms with Crippen LogP contribution in [0.1, 0.15) is 0 Å². The molecule has 1 aromatic rings. The zero-order chi connectivity index (χ0) is 13.8. The minimum absolute atomic E-state index is 0.405. The lowest BCUT2D eigenvalue weighted by Gasteiger charge is -2.39. The largest absolute Gasteiger partial charge is 0.394 e. The van der Waals surface area contributed by atoms with Gasteiger partial charge in [0.15, 0.2) is 0 Å². The first kappa shape index (κ1) is 15.1. The van der Waals surface area contributed by atoms with Gasteiger partial charge in [-0.1, -0.05) is 39.8 Å². The fourth-order valence-electron chi connectivity index (χ4n) is 1.73. The fraction of sp³-hybridized carbons (Fsp3) is 0.500. The third kappa shape index (κ3) is 3.63. The third-order valence-electron chi connectivity index (χ3n) is 2.83. The van der Waals surface area contributed by atoms with Gasteiger partial charge in [-0.2, -0.15) is 0 Å². The SMILES string of the molecule is OC[C@@H]1O[C@@H](SSc2ccccc2)[C@@H](O)[C@@H](O)[C@@H]1O. The van der Waals surface area contributed by atoms with Crippen LogP contribution in [-0.2, 0) is 4.74 Å². The van der Waals surface area contributed by atoms with E-state index in [1.165, 1.54) is 21.6 Å². The molecule has 2 rings (SSSR count). The molecule has 106 valence electrons. The van der Waals surface area contributed by atoms with Crippen molar-refractivity contribution in [1.29, 1.82) is 0 Å². The predicted octanol–water partition coefficient (Wildman–Crippen LogP) is 0.227. The zero-order valence-corrected chi connectivity index (χ0v) is 11.6. The molecular weight excluding hydrogens is 288 g/mol. The summed E-state index contributed by atoms with van der Waals surface area (Å²) in [5.41, 5.74) is -0.708. The van der Waals surface area contributed by atoms with E-state index in [-0.39, 0.29) is 0 Å². The summed E-state index contributed by atoms with van der Waals surface area (Å²) < 4.78 is 5.38. The number of hydrogen-bond donors (Lipinski definition) is 4. The highest BCUT2D eigenvalue weighted by molar-refractivity contribution is 8.76. The number of hydrogen-bond acceptors (Lipinski definition) is 7. The van der Waals surface area contributed by atoms with Gasteiger partial charge in [-0.05, 0) is 12.1 Å². The van der Waals surface area contributed by atoms with Crippen molar-refractivity contribution in [3.05, 3.63) is 30.3 Å². The zero-order valence-electron chi connectivity index (χ0n) is 9.99. The minimum atomic E-state index is -1.32. The van der Waals surface area contributed by atoms with Crippen molar-refractivity contribution in [1.82, 2.24) is 0 Å². The molecule has 7 heteroatoms. The summed E-state index contributed by atoms with van der Waals surface area (Å²) in [5.74, 6) is 0. The van der Waals surface area contributed by atoms with Crippen molar-refractivity contribution < 1.29 is 25.2 Å². The number of rotatable bonds is 4. The monoisotopic (exact) mass is 304 g/mol. The van der Waals surface area contributed by atoms with Gasteiger partial charge in [-0.3, -0.25) is 0 Å². The molecule has 1 aromatic carbocycles. The van der Waals surface area contributed by atoms with E-state index in [4.69, 9.17) is 9.84 Å². The van der Waals surface area contributed by atoms with Crippen molar-refractivity contribution in [2.24, 2.45) is 0 Å². The standard InChI is InChI=1S/C12H16O5S2/c13-6-8-9(14)10(15)11(16)12(17-8)19-18-7-4-2-1-3-5-7/h1-5,8-16H,6H2/t8-,9+,10-,11-,12-/m0/s1. The molecule has 0 saturated carbocycles. The van der Waals surface area contributed by atoms with Crippen LogP contribution in [-0.4, -0.2) is 56.9 Å². The first-order chi connectivity index (χ1) is 9.13. The Morgan fingerprint density at radius 3 is 2.32 bits per heavy atom. The van der Waals surface area contributed by atoms with E-state index in [1.54, 1.807) is 0 Å². The average molecular weight is 304 g/mol. The molecule has 1 heterocycles. The predicted molar refractivity (Wildman–Crippen MR) is 73.7 cm³/mol. The summed E-state index contributed by atoms with van der Waals surface area (Å²) in [6, 6.07) is 9.54. The molecule has 1 aliphatic heterocycles. The molecule has 5 atom stereocenters. The molecule has 5 nitrogen and oxygen atoms in total. The summed E-state index contributed by atoms with van der Waals surface area (Å²) in [5, 5.41) is 38.2. The Bertz CT molecular complexity index is 389. The lowest BCUT2D eigenvalue weighted by atomic mass is 10.0. The van der Waals surface area contributed by atoms with E-state index in [9.17, 15) is 15.3 Å². The van der Waals surface area contributed by atoms with Crippen molar-refractivity contribution in [2.75, 3.05) is 6.61 Å². The van der Waals surface area contributed by atoms with Crippen molar-refractivity contribution in [3.8, 4) is 0 Å². The van der Waals surface area contributed by atoms with Crippen LogP contribution in [0, 0.1) is 0 Å². The van der Waals surface area contributed by atoms with E-state index in [2.05, 4.69) is 0 Å². The molecular formula is C12H16O5S2. The highest BCUT2D eigenvalue weighted by Crippen LogP contribution is 2.39. The van der Waals surface area contributed by atoms with E-state index >= 15 is 0 Å². The number of aliphatic hydroxyl groups is 4. The van der Waals surface area contributed by atoms with Crippen molar-refractivity contribution in [3.63, 3.8) is 0 Å². The molecule has 0 aliphatic carbocycles. The van der Waals surface area contributed by atoms with Crippen molar-refractivity contribution in [2.45, 2.75) is 34.7 Å². The molecule has 1 fully saturated rings. The smallest absolute Gasteiger partial charge is 0.142 e. The molecule has 1 aliphatic rings. The Labute approximate surface area is 119 Å². The summed E-state index contributed by atoms with van der Waals surface area (Å²) in [4.78, 5) is 0.990. The van der Waals surface area contributed by atoms with Gasteiger partial charge in [0, 0.05) is 4.90 Å². The van der Waals surface area contributed by atoms with Gasteiger partial charge in [0.05, 0.1) is 6.61 Å². The number of benzene rings is 1. The second-order valence-electron chi connectivity index (χ2n) is 4.19.